The van der Waals surface area contributed by atoms with E-state index in [0.29, 0.717) is 18.8 Å². The van der Waals surface area contributed by atoms with Crippen LogP contribution in [0, 0.1) is 5.92 Å². The number of carbonyl (C=O) groups is 2. The molecule has 1 rings (SSSR count). The molecule has 0 aliphatic heterocycles. The van der Waals surface area contributed by atoms with Gasteiger partial charge in [0.15, 0.2) is 5.78 Å². The van der Waals surface area contributed by atoms with Gasteiger partial charge in [-0.1, -0.05) is 51.1 Å². The second kappa shape index (κ2) is 9.16. The molecule has 21 heavy (non-hydrogen) atoms. The van der Waals surface area contributed by atoms with Crippen LogP contribution in [-0.2, 0) is 16.1 Å². The van der Waals surface area contributed by atoms with Crippen LogP contribution in [0.25, 0.3) is 0 Å². The molecule has 1 amide bonds. The fourth-order valence-electron chi connectivity index (χ4n) is 2.07. The van der Waals surface area contributed by atoms with E-state index in [9.17, 15) is 9.59 Å². The second-order valence-electron chi connectivity index (χ2n) is 5.60. The second-order valence-corrected chi connectivity index (χ2v) is 5.60. The number of ketones is 1. The van der Waals surface area contributed by atoms with Gasteiger partial charge in [-0.3, -0.25) is 4.79 Å². The molecule has 0 aliphatic rings. The number of hydrogen-bond donors (Lipinski definition) is 1. The van der Waals surface area contributed by atoms with Gasteiger partial charge in [-0.2, -0.15) is 0 Å². The molecule has 0 saturated heterocycles. The maximum absolute atomic E-state index is 12.0. The third-order valence-electron chi connectivity index (χ3n) is 3.10. The Hall–Kier alpha value is -1.84. The van der Waals surface area contributed by atoms with Gasteiger partial charge in [0.1, 0.15) is 6.61 Å². The molecule has 1 atom stereocenters. The zero-order valence-corrected chi connectivity index (χ0v) is 13.1. The Morgan fingerprint density at radius 2 is 1.86 bits per heavy atom. The Labute approximate surface area is 126 Å². The summed E-state index contributed by atoms with van der Waals surface area (Å²) in [5.74, 6) is 0.410. The van der Waals surface area contributed by atoms with E-state index in [-0.39, 0.29) is 12.4 Å². The number of amides is 1. The number of alkyl carbamates (subject to hydrolysis) is 1. The van der Waals surface area contributed by atoms with E-state index in [1.807, 2.05) is 51.1 Å². The summed E-state index contributed by atoms with van der Waals surface area (Å²) in [7, 11) is 0. The SMILES string of the molecule is CCCC(=O)[C@H](CC(C)C)NC(=O)OCc1ccccc1. The molecule has 1 aromatic carbocycles. The maximum atomic E-state index is 12.0. The Morgan fingerprint density at radius 3 is 2.43 bits per heavy atom. The standard InChI is InChI=1S/C17H25NO3/c1-4-8-16(19)15(11-13(2)3)18-17(20)21-12-14-9-6-5-7-10-14/h5-7,9-10,13,15H,4,8,11-12H2,1-3H3,(H,18,20)/t15-/m0/s1. The summed E-state index contributed by atoms with van der Waals surface area (Å²) in [6, 6.07) is 9.02. The Balaban J connectivity index is 2.49. The molecule has 4 heteroatoms. The van der Waals surface area contributed by atoms with Gasteiger partial charge < -0.3 is 10.1 Å². The van der Waals surface area contributed by atoms with E-state index in [1.165, 1.54) is 0 Å². The molecule has 0 unspecified atom stereocenters. The number of Topliss-reactive ketones (excluding diaryl/α,β-unsaturated/α-hetero) is 1. The molecule has 0 aliphatic carbocycles. The van der Waals surface area contributed by atoms with E-state index in [4.69, 9.17) is 4.74 Å². The van der Waals surface area contributed by atoms with Crippen LogP contribution in [0.15, 0.2) is 30.3 Å². The summed E-state index contributed by atoms with van der Waals surface area (Å²) in [6.45, 7) is 6.23. The highest BCUT2D eigenvalue weighted by molar-refractivity contribution is 5.87. The first-order chi connectivity index (χ1) is 10.0. The van der Waals surface area contributed by atoms with Gasteiger partial charge in [-0.05, 0) is 24.3 Å². The van der Waals surface area contributed by atoms with Crippen molar-refractivity contribution in [3.05, 3.63) is 35.9 Å². The van der Waals surface area contributed by atoms with E-state index in [0.717, 1.165) is 12.0 Å². The average Bonchev–Trinajstić information content (AvgIpc) is 2.45. The number of nitrogens with one attached hydrogen (secondary N) is 1. The quantitative estimate of drug-likeness (QED) is 0.794. The lowest BCUT2D eigenvalue weighted by Gasteiger charge is -2.19. The molecule has 0 bridgehead atoms. The number of rotatable bonds is 8. The van der Waals surface area contributed by atoms with Gasteiger partial charge in [0.25, 0.3) is 0 Å². The number of hydrogen-bond acceptors (Lipinski definition) is 3. The number of benzene rings is 1. The lowest BCUT2D eigenvalue weighted by molar-refractivity contribution is -0.121. The van der Waals surface area contributed by atoms with Crippen LogP contribution >= 0.6 is 0 Å². The summed E-state index contributed by atoms with van der Waals surface area (Å²) in [5.41, 5.74) is 0.924. The summed E-state index contributed by atoms with van der Waals surface area (Å²) < 4.78 is 5.17. The molecular formula is C17H25NO3. The molecule has 0 heterocycles. The molecule has 0 saturated carbocycles. The lowest BCUT2D eigenvalue weighted by Crippen LogP contribution is -2.41. The summed E-state index contributed by atoms with van der Waals surface area (Å²) in [6.07, 6.45) is 1.37. The maximum Gasteiger partial charge on any atom is 0.408 e. The molecule has 0 radical (unpaired) electrons. The van der Waals surface area contributed by atoms with Gasteiger partial charge in [0.2, 0.25) is 0 Å². The predicted molar refractivity (Wildman–Crippen MR) is 82.9 cm³/mol. The van der Waals surface area contributed by atoms with E-state index < -0.39 is 12.1 Å². The fourth-order valence-corrected chi connectivity index (χ4v) is 2.07. The minimum Gasteiger partial charge on any atom is -0.445 e. The first kappa shape index (κ1) is 17.2. The van der Waals surface area contributed by atoms with Crippen molar-refractivity contribution in [2.45, 2.75) is 52.7 Å². The normalized spacial score (nSPS) is 12.0. The first-order valence-corrected chi connectivity index (χ1v) is 7.52. The van der Waals surface area contributed by atoms with E-state index >= 15 is 0 Å². The number of carbonyl (C=O) groups excluding carboxylic acids is 2. The van der Waals surface area contributed by atoms with Crippen molar-refractivity contribution >= 4 is 11.9 Å². The lowest BCUT2D eigenvalue weighted by atomic mass is 9.98. The van der Waals surface area contributed by atoms with Crippen LogP contribution < -0.4 is 5.32 Å². The van der Waals surface area contributed by atoms with E-state index in [1.54, 1.807) is 0 Å². The van der Waals surface area contributed by atoms with Gasteiger partial charge in [-0.15, -0.1) is 0 Å². The average molecular weight is 291 g/mol. The molecule has 1 aromatic rings. The van der Waals surface area contributed by atoms with Gasteiger partial charge in [-0.25, -0.2) is 4.79 Å². The zero-order chi connectivity index (χ0) is 15.7. The minimum absolute atomic E-state index is 0.0721. The van der Waals surface area contributed by atoms with Crippen LogP contribution in [0.2, 0.25) is 0 Å². The van der Waals surface area contributed by atoms with Gasteiger partial charge >= 0.3 is 6.09 Å². The monoisotopic (exact) mass is 291 g/mol. The Bertz CT molecular complexity index is 443. The highest BCUT2D eigenvalue weighted by Crippen LogP contribution is 2.09. The predicted octanol–water partition coefficient (Wildman–Crippen LogP) is 3.70. The van der Waals surface area contributed by atoms with Crippen LogP contribution in [-0.4, -0.2) is 17.9 Å². The minimum atomic E-state index is -0.533. The van der Waals surface area contributed by atoms with Crippen molar-refractivity contribution in [2.75, 3.05) is 0 Å². The molecule has 4 nitrogen and oxygen atoms in total. The van der Waals surface area contributed by atoms with Crippen LogP contribution in [0.1, 0.15) is 45.6 Å². The molecule has 0 spiro atoms. The molecular weight excluding hydrogens is 266 g/mol. The molecule has 116 valence electrons. The highest BCUT2D eigenvalue weighted by Gasteiger charge is 2.21. The van der Waals surface area contributed by atoms with Crippen molar-refractivity contribution in [3.8, 4) is 0 Å². The highest BCUT2D eigenvalue weighted by atomic mass is 16.5. The third-order valence-corrected chi connectivity index (χ3v) is 3.10. The smallest absolute Gasteiger partial charge is 0.408 e. The van der Waals surface area contributed by atoms with Crippen molar-refractivity contribution in [1.29, 1.82) is 0 Å². The van der Waals surface area contributed by atoms with E-state index in [2.05, 4.69) is 5.32 Å². The van der Waals surface area contributed by atoms with Gasteiger partial charge in [0.05, 0.1) is 6.04 Å². The van der Waals surface area contributed by atoms with Crippen LogP contribution in [0.3, 0.4) is 0 Å². The summed E-state index contributed by atoms with van der Waals surface area (Å²) in [5, 5.41) is 2.69. The Kier molecular flexibility index (Phi) is 7.51. The fraction of sp³-hybridized carbons (Fsp3) is 0.529. The van der Waals surface area contributed by atoms with Crippen molar-refractivity contribution in [3.63, 3.8) is 0 Å². The first-order valence-electron chi connectivity index (χ1n) is 7.52. The van der Waals surface area contributed by atoms with Crippen molar-refractivity contribution in [2.24, 2.45) is 5.92 Å². The van der Waals surface area contributed by atoms with Gasteiger partial charge in [0, 0.05) is 6.42 Å². The number of ether oxygens (including phenoxy) is 1. The largest absolute Gasteiger partial charge is 0.445 e. The van der Waals surface area contributed by atoms with Crippen LogP contribution in [0.4, 0.5) is 4.79 Å². The Morgan fingerprint density at radius 1 is 1.19 bits per heavy atom. The molecule has 1 N–H and O–H groups in total. The third kappa shape index (κ3) is 6.93. The van der Waals surface area contributed by atoms with Crippen LogP contribution in [0.5, 0.6) is 0 Å². The summed E-state index contributed by atoms with van der Waals surface area (Å²) in [4.78, 5) is 23.8. The van der Waals surface area contributed by atoms with Crippen molar-refractivity contribution < 1.29 is 14.3 Å². The molecule has 0 aromatic heterocycles. The zero-order valence-electron chi connectivity index (χ0n) is 13.1. The summed E-state index contributed by atoms with van der Waals surface area (Å²) >= 11 is 0. The topological polar surface area (TPSA) is 55.4 Å². The molecule has 0 fully saturated rings. The van der Waals surface area contributed by atoms with Crippen molar-refractivity contribution in [1.82, 2.24) is 5.32 Å².